The Balaban J connectivity index is 1.40. The first-order valence-corrected chi connectivity index (χ1v) is 9.32. The smallest absolute Gasteiger partial charge is 0.231 e. The third-order valence-electron chi connectivity index (χ3n) is 5.55. The minimum Gasteiger partial charge on any atom is -0.349 e. The van der Waals surface area contributed by atoms with E-state index in [0.717, 1.165) is 17.7 Å². The van der Waals surface area contributed by atoms with Crippen LogP contribution in [0.3, 0.4) is 0 Å². The van der Waals surface area contributed by atoms with E-state index in [4.69, 9.17) is 0 Å². The molecule has 1 aliphatic carbocycles. The second-order valence-electron chi connectivity index (χ2n) is 7.48. The Morgan fingerprint density at radius 3 is 2.50 bits per heavy atom. The summed E-state index contributed by atoms with van der Waals surface area (Å²) in [6, 6.07) is 18.1. The maximum absolute atomic E-state index is 13.0. The predicted octanol–water partition coefficient (Wildman–Crippen LogP) is 3.48. The minimum absolute atomic E-state index is 0.0140. The molecule has 0 radical (unpaired) electrons. The monoisotopic (exact) mass is 348 g/mol. The van der Waals surface area contributed by atoms with Crippen LogP contribution in [-0.4, -0.2) is 17.9 Å². The highest BCUT2D eigenvalue weighted by atomic mass is 16.2. The molecule has 2 amide bonds. The second-order valence-corrected chi connectivity index (χ2v) is 7.48. The molecule has 2 aromatic rings. The Bertz CT molecular complexity index is 833. The number of anilines is 1. The highest BCUT2D eigenvalue weighted by Crippen LogP contribution is 2.44. The van der Waals surface area contributed by atoms with Gasteiger partial charge in [-0.25, -0.2) is 0 Å². The zero-order valence-electron chi connectivity index (χ0n) is 15.2. The number of amides is 2. The number of hydrogen-bond donors (Lipinski definition) is 1. The van der Waals surface area contributed by atoms with Gasteiger partial charge in [-0.3, -0.25) is 9.59 Å². The molecule has 0 spiro atoms. The number of fused-ring (bicyclic) bond motifs is 1. The Hall–Kier alpha value is -2.62. The van der Waals surface area contributed by atoms with Gasteiger partial charge >= 0.3 is 0 Å². The lowest BCUT2D eigenvalue weighted by atomic mass is 10.1. The fourth-order valence-corrected chi connectivity index (χ4v) is 3.98. The van der Waals surface area contributed by atoms with Crippen LogP contribution in [-0.2, 0) is 16.0 Å². The van der Waals surface area contributed by atoms with Crippen molar-refractivity contribution in [3.63, 3.8) is 0 Å². The van der Waals surface area contributed by atoms with E-state index in [1.165, 1.54) is 5.56 Å². The fourth-order valence-electron chi connectivity index (χ4n) is 3.98. The molecule has 26 heavy (non-hydrogen) atoms. The van der Waals surface area contributed by atoms with Gasteiger partial charge < -0.3 is 10.2 Å². The molecule has 1 heterocycles. The fraction of sp³-hybridized carbons (Fsp3) is 0.364. The van der Waals surface area contributed by atoms with Crippen molar-refractivity contribution in [3.8, 4) is 0 Å². The molecule has 4 atom stereocenters. The van der Waals surface area contributed by atoms with E-state index in [0.29, 0.717) is 6.42 Å². The third kappa shape index (κ3) is 3.00. The number of para-hydroxylation sites is 1. The van der Waals surface area contributed by atoms with Crippen molar-refractivity contribution in [3.05, 3.63) is 65.7 Å². The van der Waals surface area contributed by atoms with E-state index in [2.05, 4.69) is 18.3 Å². The number of carbonyl (C=O) groups is 2. The number of benzene rings is 2. The molecule has 1 N–H and O–H groups in total. The van der Waals surface area contributed by atoms with Gasteiger partial charge in [0.05, 0.1) is 17.9 Å². The lowest BCUT2D eigenvalue weighted by Crippen LogP contribution is -2.38. The molecule has 4 rings (SSSR count). The maximum Gasteiger partial charge on any atom is 0.231 e. The van der Waals surface area contributed by atoms with Crippen molar-refractivity contribution in [2.75, 3.05) is 4.90 Å². The van der Waals surface area contributed by atoms with Crippen LogP contribution in [0.4, 0.5) is 5.69 Å². The average Bonchev–Trinajstić information content (AvgIpc) is 3.38. The summed E-state index contributed by atoms with van der Waals surface area (Å²) >= 11 is 0. The summed E-state index contributed by atoms with van der Waals surface area (Å²) in [5.41, 5.74) is 3.30. The van der Waals surface area contributed by atoms with E-state index >= 15 is 0 Å². The zero-order valence-corrected chi connectivity index (χ0v) is 15.2. The van der Waals surface area contributed by atoms with Gasteiger partial charge in [0.25, 0.3) is 0 Å². The van der Waals surface area contributed by atoms with Crippen LogP contribution < -0.4 is 10.2 Å². The SMILES string of the molecule is CC(NC(=O)C1CC1C(=O)N1c2ccccc2CC1C)c1ccccc1. The lowest BCUT2D eigenvalue weighted by molar-refractivity contribution is -0.126. The van der Waals surface area contributed by atoms with Crippen LogP contribution in [0.25, 0.3) is 0 Å². The zero-order chi connectivity index (χ0) is 18.3. The van der Waals surface area contributed by atoms with Crippen LogP contribution >= 0.6 is 0 Å². The van der Waals surface area contributed by atoms with Crippen molar-refractivity contribution in [1.29, 1.82) is 0 Å². The predicted molar refractivity (Wildman–Crippen MR) is 102 cm³/mol. The summed E-state index contributed by atoms with van der Waals surface area (Å²) in [7, 11) is 0. The molecule has 134 valence electrons. The van der Waals surface area contributed by atoms with Crippen molar-refractivity contribution in [2.45, 2.75) is 38.8 Å². The summed E-state index contributed by atoms with van der Waals surface area (Å²) in [5, 5.41) is 3.05. The van der Waals surface area contributed by atoms with Crippen molar-refractivity contribution in [2.24, 2.45) is 11.8 Å². The summed E-state index contributed by atoms with van der Waals surface area (Å²) in [6.45, 7) is 4.05. The first-order valence-electron chi connectivity index (χ1n) is 9.32. The molecule has 2 aromatic carbocycles. The first-order chi connectivity index (χ1) is 12.6. The first kappa shape index (κ1) is 16.8. The van der Waals surface area contributed by atoms with Gasteiger partial charge in [-0.1, -0.05) is 48.5 Å². The summed E-state index contributed by atoms with van der Waals surface area (Å²) in [5.74, 6) is -0.310. The standard InChI is InChI=1S/C22H24N2O2/c1-14-12-17-10-6-7-11-20(17)24(14)22(26)19-13-18(19)21(25)23-15(2)16-8-4-3-5-9-16/h3-11,14-15,18-19H,12-13H2,1-2H3,(H,23,25). The van der Waals surface area contributed by atoms with E-state index in [1.807, 2.05) is 60.4 Å². The summed E-state index contributed by atoms with van der Waals surface area (Å²) in [6.07, 6.45) is 1.54. The molecule has 0 saturated heterocycles. The molecule has 4 heteroatoms. The van der Waals surface area contributed by atoms with Gasteiger partial charge in [-0.05, 0) is 43.9 Å². The number of nitrogens with zero attached hydrogens (tertiary/aromatic N) is 1. The minimum atomic E-state index is -0.200. The van der Waals surface area contributed by atoms with Gasteiger partial charge in [0.15, 0.2) is 0 Å². The van der Waals surface area contributed by atoms with Gasteiger partial charge in [-0.2, -0.15) is 0 Å². The molecular weight excluding hydrogens is 324 g/mol. The van der Waals surface area contributed by atoms with Gasteiger partial charge in [0.2, 0.25) is 11.8 Å². The van der Waals surface area contributed by atoms with Crippen LogP contribution in [0.15, 0.2) is 54.6 Å². The number of nitrogens with one attached hydrogen (secondary N) is 1. The molecule has 2 aliphatic rings. The normalized spacial score (nSPS) is 24.7. The Morgan fingerprint density at radius 2 is 1.73 bits per heavy atom. The van der Waals surface area contributed by atoms with Crippen LogP contribution in [0.2, 0.25) is 0 Å². The molecule has 4 nitrogen and oxygen atoms in total. The molecule has 0 bridgehead atoms. The van der Waals surface area contributed by atoms with Crippen molar-refractivity contribution < 1.29 is 9.59 Å². The highest BCUT2D eigenvalue weighted by molar-refractivity contribution is 6.02. The molecule has 4 unspecified atom stereocenters. The molecule has 1 saturated carbocycles. The summed E-state index contributed by atoms with van der Waals surface area (Å²) < 4.78 is 0. The van der Waals surface area contributed by atoms with Gasteiger partial charge in [-0.15, -0.1) is 0 Å². The number of rotatable bonds is 4. The molecule has 1 fully saturated rings. The van der Waals surface area contributed by atoms with Gasteiger partial charge in [0.1, 0.15) is 0 Å². The topological polar surface area (TPSA) is 49.4 Å². The number of carbonyl (C=O) groups excluding carboxylic acids is 2. The summed E-state index contributed by atoms with van der Waals surface area (Å²) in [4.78, 5) is 27.5. The van der Waals surface area contributed by atoms with Crippen LogP contribution in [0.5, 0.6) is 0 Å². The second kappa shape index (κ2) is 6.60. The third-order valence-corrected chi connectivity index (χ3v) is 5.55. The largest absolute Gasteiger partial charge is 0.349 e. The quantitative estimate of drug-likeness (QED) is 0.920. The molecule has 0 aromatic heterocycles. The Morgan fingerprint density at radius 1 is 1.04 bits per heavy atom. The van der Waals surface area contributed by atoms with Gasteiger partial charge in [0, 0.05) is 11.7 Å². The molecule has 1 aliphatic heterocycles. The lowest BCUT2D eigenvalue weighted by Gasteiger charge is -2.23. The molecular formula is C22H24N2O2. The number of hydrogen-bond acceptors (Lipinski definition) is 2. The van der Waals surface area contributed by atoms with Crippen LogP contribution in [0.1, 0.15) is 37.4 Å². The average molecular weight is 348 g/mol. The maximum atomic E-state index is 13.0. The van der Waals surface area contributed by atoms with E-state index < -0.39 is 0 Å². The van der Waals surface area contributed by atoms with Crippen LogP contribution in [0, 0.1) is 11.8 Å². The van der Waals surface area contributed by atoms with E-state index in [9.17, 15) is 9.59 Å². The van der Waals surface area contributed by atoms with Crippen molar-refractivity contribution >= 4 is 17.5 Å². The Labute approximate surface area is 154 Å². The van der Waals surface area contributed by atoms with E-state index in [-0.39, 0.29) is 35.7 Å². The highest BCUT2D eigenvalue weighted by Gasteiger charge is 2.51. The van der Waals surface area contributed by atoms with E-state index in [1.54, 1.807) is 0 Å². The Kier molecular flexibility index (Phi) is 4.27. The van der Waals surface area contributed by atoms with Crippen molar-refractivity contribution in [1.82, 2.24) is 5.32 Å².